The van der Waals surface area contributed by atoms with Crippen LogP contribution in [0.3, 0.4) is 0 Å². The van der Waals surface area contributed by atoms with Crippen molar-refractivity contribution in [3.05, 3.63) is 35.1 Å². The van der Waals surface area contributed by atoms with Gasteiger partial charge in [0.25, 0.3) is 0 Å². The van der Waals surface area contributed by atoms with Gasteiger partial charge in [-0.15, -0.1) is 0 Å². The molecule has 0 aliphatic heterocycles. The molecule has 0 fully saturated rings. The zero-order valence-corrected chi connectivity index (χ0v) is 9.26. The normalized spacial score (nSPS) is 11.1. The maximum Gasteiger partial charge on any atom is 0.128 e. The van der Waals surface area contributed by atoms with E-state index in [1.807, 2.05) is 13.1 Å². The highest BCUT2D eigenvalue weighted by Gasteiger charge is 2.23. The van der Waals surface area contributed by atoms with E-state index in [1.165, 1.54) is 6.07 Å². The number of rotatable bonds is 3. The van der Waals surface area contributed by atoms with E-state index < -0.39 is 5.41 Å². The van der Waals surface area contributed by atoms with Gasteiger partial charge >= 0.3 is 0 Å². The van der Waals surface area contributed by atoms with Crippen LogP contribution in [0.25, 0.3) is 0 Å². The zero-order chi connectivity index (χ0) is 11.5. The first-order valence-corrected chi connectivity index (χ1v) is 4.86. The number of halogens is 1. The van der Waals surface area contributed by atoms with E-state index in [4.69, 9.17) is 5.26 Å². The predicted molar refractivity (Wildman–Crippen MR) is 57.8 cm³/mol. The molecule has 0 saturated heterocycles. The minimum atomic E-state index is -0.776. The van der Waals surface area contributed by atoms with Crippen LogP contribution in [-0.2, 0) is 12.0 Å². The average molecular weight is 206 g/mol. The fourth-order valence-electron chi connectivity index (χ4n) is 1.44. The third-order valence-electron chi connectivity index (χ3n) is 2.37. The van der Waals surface area contributed by atoms with Crippen molar-refractivity contribution in [1.29, 1.82) is 5.26 Å². The van der Waals surface area contributed by atoms with Crippen LogP contribution in [0.1, 0.15) is 25.0 Å². The number of hydrogen-bond donors (Lipinski definition) is 1. The van der Waals surface area contributed by atoms with Crippen molar-refractivity contribution in [1.82, 2.24) is 5.32 Å². The van der Waals surface area contributed by atoms with E-state index in [9.17, 15) is 4.39 Å². The Kier molecular flexibility index (Phi) is 3.43. The van der Waals surface area contributed by atoms with Crippen molar-refractivity contribution < 1.29 is 4.39 Å². The molecule has 0 unspecified atom stereocenters. The fourth-order valence-corrected chi connectivity index (χ4v) is 1.44. The van der Waals surface area contributed by atoms with E-state index in [1.54, 1.807) is 19.9 Å². The third kappa shape index (κ3) is 2.54. The molecule has 0 bridgehead atoms. The highest BCUT2D eigenvalue weighted by molar-refractivity contribution is 5.34. The molecule has 1 aromatic rings. The van der Waals surface area contributed by atoms with Gasteiger partial charge in [0.05, 0.1) is 11.5 Å². The molecule has 0 aromatic heterocycles. The van der Waals surface area contributed by atoms with E-state index in [0.717, 1.165) is 5.56 Å². The second-order valence-corrected chi connectivity index (χ2v) is 4.08. The summed E-state index contributed by atoms with van der Waals surface area (Å²) < 4.78 is 13.7. The highest BCUT2D eigenvalue weighted by Crippen LogP contribution is 2.25. The molecule has 15 heavy (non-hydrogen) atoms. The molecule has 0 aliphatic rings. The fraction of sp³-hybridized carbons (Fsp3) is 0.417. The first-order valence-electron chi connectivity index (χ1n) is 4.86. The van der Waals surface area contributed by atoms with Crippen LogP contribution in [0, 0.1) is 17.1 Å². The van der Waals surface area contributed by atoms with Gasteiger partial charge in [-0.3, -0.25) is 0 Å². The molecule has 0 heterocycles. The van der Waals surface area contributed by atoms with Crippen molar-refractivity contribution in [2.45, 2.75) is 25.8 Å². The lowest BCUT2D eigenvalue weighted by molar-refractivity contribution is 0.562. The van der Waals surface area contributed by atoms with Crippen LogP contribution in [0.4, 0.5) is 4.39 Å². The maximum absolute atomic E-state index is 13.7. The van der Waals surface area contributed by atoms with Crippen molar-refractivity contribution in [2.75, 3.05) is 7.05 Å². The molecule has 1 rings (SSSR count). The van der Waals surface area contributed by atoms with Gasteiger partial charge in [-0.05, 0) is 32.5 Å². The largest absolute Gasteiger partial charge is 0.316 e. The van der Waals surface area contributed by atoms with Crippen molar-refractivity contribution in [3.63, 3.8) is 0 Å². The van der Waals surface area contributed by atoms with Gasteiger partial charge in [-0.1, -0.05) is 12.1 Å². The smallest absolute Gasteiger partial charge is 0.128 e. The first kappa shape index (κ1) is 11.7. The van der Waals surface area contributed by atoms with E-state index in [0.29, 0.717) is 12.1 Å². The number of nitriles is 1. The molecule has 80 valence electrons. The van der Waals surface area contributed by atoms with Crippen molar-refractivity contribution in [3.8, 4) is 6.07 Å². The zero-order valence-electron chi connectivity index (χ0n) is 9.26. The lowest BCUT2D eigenvalue weighted by atomic mass is 9.85. The summed E-state index contributed by atoms with van der Waals surface area (Å²) >= 11 is 0. The second-order valence-electron chi connectivity index (χ2n) is 4.08. The molecule has 0 radical (unpaired) electrons. The van der Waals surface area contributed by atoms with E-state index >= 15 is 0 Å². The van der Waals surface area contributed by atoms with Crippen LogP contribution in [-0.4, -0.2) is 7.05 Å². The highest BCUT2D eigenvalue weighted by atomic mass is 19.1. The number of nitrogens with one attached hydrogen (secondary N) is 1. The van der Waals surface area contributed by atoms with Crippen LogP contribution in [0.2, 0.25) is 0 Å². The molecule has 0 aliphatic carbocycles. The van der Waals surface area contributed by atoms with Gasteiger partial charge in [0.2, 0.25) is 0 Å². The van der Waals surface area contributed by atoms with Crippen LogP contribution in [0.5, 0.6) is 0 Å². The SMILES string of the molecule is CNCc1ccc(C(C)(C)C#N)c(F)c1. The summed E-state index contributed by atoms with van der Waals surface area (Å²) in [7, 11) is 1.81. The van der Waals surface area contributed by atoms with E-state index in [2.05, 4.69) is 11.4 Å². The van der Waals surface area contributed by atoms with Gasteiger partial charge in [0, 0.05) is 12.1 Å². The minimum Gasteiger partial charge on any atom is -0.316 e. The van der Waals surface area contributed by atoms with Gasteiger partial charge in [0.15, 0.2) is 0 Å². The Morgan fingerprint density at radius 3 is 2.60 bits per heavy atom. The number of nitrogens with zero attached hydrogens (tertiary/aromatic N) is 1. The summed E-state index contributed by atoms with van der Waals surface area (Å²) in [6.45, 7) is 4.05. The summed E-state index contributed by atoms with van der Waals surface area (Å²) in [5.74, 6) is -0.311. The van der Waals surface area contributed by atoms with Crippen LogP contribution in [0.15, 0.2) is 18.2 Å². The second kappa shape index (κ2) is 4.41. The topological polar surface area (TPSA) is 35.8 Å². The monoisotopic (exact) mass is 206 g/mol. The number of benzene rings is 1. The van der Waals surface area contributed by atoms with Crippen LogP contribution >= 0.6 is 0 Å². The van der Waals surface area contributed by atoms with E-state index in [-0.39, 0.29) is 5.82 Å². The van der Waals surface area contributed by atoms with Gasteiger partial charge < -0.3 is 5.32 Å². The molecule has 1 N–H and O–H groups in total. The Bertz CT molecular complexity index is 391. The summed E-state index contributed by atoms with van der Waals surface area (Å²) in [6.07, 6.45) is 0. The molecular weight excluding hydrogens is 191 g/mol. The molecule has 0 atom stereocenters. The van der Waals surface area contributed by atoms with Crippen LogP contribution < -0.4 is 5.32 Å². The molecule has 1 aromatic carbocycles. The molecule has 2 nitrogen and oxygen atoms in total. The maximum atomic E-state index is 13.7. The van der Waals surface area contributed by atoms with Crippen molar-refractivity contribution in [2.24, 2.45) is 0 Å². The average Bonchev–Trinajstić information content (AvgIpc) is 2.18. The molecule has 0 amide bonds. The minimum absolute atomic E-state index is 0.311. The Hall–Kier alpha value is -1.40. The molecule has 0 saturated carbocycles. The summed E-state index contributed by atoms with van der Waals surface area (Å²) in [4.78, 5) is 0. The summed E-state index contributed by atoms with van der Waals surface area (Å²) in [5.41, 5.74) is 0.555. The summed E-state index contributed by atoms with van der Waals surface area (Å²) in [6, 6.07) is 7.10. The lowest BCUT2D eigenvalue weighted by Gasteiger charge is -2.17. The quantitative estimate of drug-likeness (QED) is 0.824. The lowest BCUT2D eigenvalue weighted by Crippen LogP contribution is -2.16. The van der Waals surface area contributed by atoms with Gasteiger partial charge in [0.1, 0.15) is 5.82 Å². The molecular formula is C12H15FN2. The predicted octanol–water partition coefficient (Wildman–Crippen LogP) is 2.35. The Balaban J connectivity index is 3.10. The number of hydrogen-bond acceptors (Lipinski definition) is 2. The van der Waals surface area contributed by atoms with Crippen molar-refractivity contribution >= 4 is 0 Å². The molecule has 0 spiro atoms. The van der Waals surface area contributed by atoms with Gasteiger partial charge in [-0.25, -0.2) is 4.39 Å². The molecule has 3 heteroatoms. The van der Waals surface area contributed by atoms with Gasteiger partial charge in [-0.2, -0.15) is 5.26 Å². The Labute approximate surface area is 89.7 Å². The summed E-state index contributed by atoms with van der Waals surface area (Å²) in [5, 5.41) is 11.9. The first-order chi connectivity index (χ1) is 7.01. The third-order valence-corrected chi connectivity index (χ3v) is 2.37. The Morgan fingerprint density at radius 2 is 2.13 bits per heavy atom. The Morgan fingerprint density at radius 1 is 1.47 bits per heavy atom. The standard InChI is InChI=1S/C12H15FN2/c1-12(2,8-14)10-5-4-9(7-15-3)6-11(10)13/h4-6,15H,7H2,1-3H3.